The number of halogens is 1. The number of aryl methyl sites for hydroxylation is 2. The maximum Gasteiger partial charge on any atom is 0.141 e. The van der Waals surface area contributed by atoms with Gasteiger partial charge < -0.3 is 14.0 Å². The van der Waals surface area contributed by atoms with Gasteiger partial charge in [-0.2, -0.15) is 0 Å². The van der Waals surface area contributed by atoms with Crippen molar-refractivity contribution in [1.82, 2.24) is 14.5 Å². The van der Waals surface area contributed by atoms with Gasteiger partial charge in [-0.15, -0.1) is 0 Å². The highest BCUT2D eigenvalue weighted by atomic mass is 35.5. The van der Waals surface area contributed by atoms with Crippen LogP contribution in [0, 0.1) is 6.92 Å². The first kappa shape index (κ1) is 19.9. The van der Waals surface area contributed by atoms with Crippen LogP contribution >= 0.6 is 11.6 Å². The molecule has 1 aliphatic rings. The fourth-order valence-corrected chi connectivity index (χ4v) is 4.10. The van der Waals surface area contributed by atoms with Gasteiger partial charge in [0.1, 0.15) is 11.6 Å². The summed E-state index contributed by atoms with van der Waals surface area (Å²) in [6, 6.07) is 10.1. The van der Waals surface area contributed by atoms with Gasteiger partial charge >= 0.3 is 0 Å². The summed E-state index contributed by atoms with van der Waals surface area (Å²) in [5.74, 6) is 1.56. The van der Waals surface area contributed by atoms with E-state index in [9.17, 15) is 0 Å². The summed E-state index contributed by atoms with van der Waals surface area (Å²) in [7, 11) is 1.63. The van der Waals surface area contributed by atoms with Crippen LogP contribution in [0.25, 0.3) is 22.6 Å². The van der Waals surface area contributed by atoms with Crippen LogP contribution in [0.1, 0.15) is 30.9 Å². The lowest BCUT2D eigenvalue weighted by atomic mass is 10.1. The Hall–Kier alpha value is -2.37. The summed E-state index contributed by atoms with van der Waals surface area (Å²) in [5.41, 5.74) is 6.38. The zero-order chi connectivity index (χ0) is 20.5. The number of hydrogen-bond donors (Lipinski definition) is 0. The Morgan fingerprint density at radius 3 is 2.79 bits per heavy atom. The van der Waals surface area contributed by atoms with Crippen molar-refractivity contribution in [1.29, 1.82) is 0 Å². The molecule has 0 spiro atoms. The molecule has 2 aromatic heterocycles. The highest BCUT2D eigenvalue weighted by Gasteiger charge is 2.24. The van der Waals surface area contributed by atoms with Crippen LogP contribution in [0.2, 0.25) is 5.02 Å². The number of benzene rings is 1. The van der Waals surface area contributed by atoms with Gasteiger partial charge in [-0.25, -0.2) is 4.98 Å². The second-order valence-corrected chi connectivity index (χ2v) is 7.87. The molecule has 0 amide bonds. The molecule has 3 heterocycles. The van der Waals surface area contributed by atoms with E-state index in [0.717, 1.165) is 53.4 Å². The summed E-state index contributed by atoms with van der Waals surface area (Å²) in [5, 5.41) is 0.591. The first-order valence-corrected chi connectivity index (χ1v) is 10.4. The van der Waals surface area contributed by atoms with Crippen molar-refractivity contribution in [2.24, 2.45) is 0 Å². The fourth-order valence-electron chi connectivity index (χ4n) is 3.91. The molecule has 0 aliphatic carbocycles. The molecule has 3 aromatic rings. The second-order valence-electron chi connectivity index (χ2n) is 7.46. The third kappa shape index (κ3) is 3.89. The normalized spacial score (nSPS) is 16.4. The van der Waals surface area contributed by atoms with Crippen LogP contribution in [-0.4, -0.2) is 34.4 Å². The highest BCUT2D eigenvalue weighted by Crippen LogP contribution is 2.35. The largest absolute Gasteiger partial charge is 0.495 e. The van der Waals surface area contributed by atoms with Crippen LogP contribution in [0.15, 0.2) is 30.3 Å². The van der Waals surface area contributed by atoms with Gasteiger partial charge in [0.25, 0.3) is 0 Å². The third-order valence-corrected chi connectivity index (χ3v) is 5.62. The number of aromatic nitrogens is 3. The first-order valence-electron chi connectivity index (χ1n) is 10.0. The van der Waals surface area contributed by atoms with Crippen LogP contribution in [0.4, 0.5) is 0 Å². The molecule has 6 heteroatoms. The van der Waals surface area contributed by atoms with Crippen LogP contribution in [0.3, 0.4) is 0 Å². The average Bonchev–Trinajstić information content (AvgIpc) is 2.94. The Bertz CT molecular complexity index is 1040. The summed E-state index contributed by atoms with van der Waals surface area (Å²) >= 11 is 6.25. The maximum atomic E-state index is 6.25. The van der Waals surface area contributed by atoms with Crippen LogP contribution in [0.5, 0.6) is 5.75 Å². The molecule has 1 atom stereocenters. The molecular weight excluding hydrogens is 386 g/mol. The molecule has 0 saturated heterocycles. The van der Waals surface area contributed by atoms with Crippen molar-refractivity contribution < 1.29 is 9.47 Å². The molecule has 0 radical (unpaired) electrons. The predicted octanol–water partition coefficient (Wildman–Crippen LogP) is 5.11. The number of fused-ring (bicyclic) bond motifs is 1. The molecule has 1 aromatic carbocycles. The van der Waals surface area contributed by atoms with Crippen molar-refractivity contribution in [3.05, 3.63) is 52.4 Å². The van der Waals surface area contributed by atoms with Gasteiger partial charge in [0.2, 0.25) is 0 Å². The lowest BCUT2D eigenvalue weighted by molar-refractivity contribution is 0.0666. The third-order valence-electron chi connectivity index (χ3n) is 5.30. The predicted molar refractivity (Wildman–Crippen MR) is 116 cm³/mol. The van der Waals surface area contributed by atoms with Crippen LogP contribution in [-0.2, 0) is 24.1 Å². The first-order chi connectivity index (χ1) is 14.0. The van der Waals surface area contributed by atoms with Gasteiger partial charge in [-0.1, -0.05) is 18.5 Å². The fraction of sp³-hybridized carbons (Fsp3) is 0.391. The molecule has 29 heavy (non-hydrogen) atoms. The van der Waals surface area contributed by atoms with E-state index in [0.29, 0.717) is 17.4 Å². The van der Waals surface area contributed by atoms with Gasteiger partial charge in [-0.3, -0.25) is 4.98 Å². The molecule has 0 fully saturated rings. The number of rotatable bonds is 4. The molecule has 5 nitrogen and oxygen atoms in total. The van der Waals surface area contributed by atoms with Gasteiger partial charge in [0, 0.05) is 34.6 Å². The molecule has 0 saturated carbocycles. The Labute approximate surface area is 176 Å². The van der Waals surface area contributed by atoms with Gasteiger partial charge in [-0.05, 0) is 50.6 Å². The monoisotopic (exact) mass is 411 g/mol. The number of imidazole rings is 1. The average molecular weight is 412 g/mol. The minimum atomic E-state index is 0.122. The van der Waals surface area contributed by atoms with Gasteiger partial charge in [0.05, 0.1) is 37.1 Å². The number of methoxy groups -OCH3 is 1. The van der Waals surface area contributed by atoms with Crippen molar-refractivity contribution >= 4 is 11.6 Å². The summed E-state index contributed by atoms with van der Waals surface area (Å²) in [4.78, 5) is 9.74. The van der Waals surface area contributed by atoms with Crippen LogP contribution < -0.4 is 4.74 Å². The standard InChI is InChI=1S/C23H26ClN3O2/c1-5-18-11-17(10-14(2)25-18)22-20-8-9-29-15(3)13-27(20)23(26-22)16-6-7-19(24)21(12-16)28-4/h6-7,10-12,15H,5,8-9,13H2,1-4H3/t15-/m1/s1. The van der Waals surface area contributed by atoms with E-state index < -0.39 is 0 Å². The molecular formula is C23H26ClN3O2. The van der Waals surface area contributed by atoms with Crippen molar-refractivity contribution in [3.63, 3.8) is 0 Å². The highest BCUT2D eigenvalue weighted by molar-refractivity contribution is 6.32. The number of pyridine rings is 1. The summed E-state index contributed by atoms with van der Waals surface area (Å²) in [6.07, 6.45) is 1.84. The molecule has 152 valence electrons. The van der Waals surface area contributed by atoms with Crippen molar-refractivity contribution in [3.8, 4) is 28.4 Å². The minimum Gasteiger partial charge on any atom is -0.495 e. The SMILES string of the molecule is CCc1cc(-c2nc(-c3ccc(Cl)c(OC)c3)n3c2CCO[C@H](C)C3)cc(C)n1. The lowest BCUT2D eigenvalue weighted by Crippen LogP contribution is -2.15. The van der Waals surface area contributed by atoms with E-state index in [2.05, 4.69) is 35.5 Å². The van der Waals surface area contributed by atoms with E-state index >= 15 is 0 Å². The second kappa shape index (κ2) is 8.17. The van der Waals surface area contributed by atoms with E-state index in [1.54, 1.807) is 7.11 Å². The number of ether oxygens (including phenoxy) is 2. The van der Waals surface area contributed by atoms with E-state index in [1.165, 1.54) is 5.69 Å². The quantitative estimate of drug-likeness (QED) is 0.598. The molecule has 0 unspecified atom stereocenters. The Kier molecular flexibility index (Phi) is 5.61. The molecule has 0 bridgehead atoms. The van der Waals surface area contributed by atoms with E-state index in [1.807, 2.05) is 25.1 Å². The molecule has 4 rings (SSSR count). The van der Waals surface area contributed by atoms with E-state index in [-0.39, 0.29) is 6.10 Å². The maximum absolute atomic E-state index is 6.25. The zero-order valence-corrected chi connectivity index (χ0v) is 18.1. The minimum absolute atomic E-state index is 0.122. The summed E-state index contributed by atoms with van der Waals surface area (Å²) in [6.45, 7) is 7.71. The Balaban J connectivity index is 1.92. The van der Waals surface area contributed by atoms with Crippen molar-refractivity contribution in [2.75, 3.05) is 13.7 Å². The topological polar surface area (TPSA) is 49.2 Å². The Morgan fingerprint density at radius 1 is 1.21 bits per heavy atom. The summed E-state index contributed by atoms with van der Waals surface area (Å²) < 4.78 is 13.7. The molecule has 1 aliphatic heterocycles. The molecule has 0 N–H and O–H groups in total. The number of hydrogen-bond acceptors (Lipinski definition) is 4. The van der Waals surface area contributed by atoms with Gasteiger partial charge in [0.15, 0.2) is 0 Å². The smallest absolute Gasteiger partial charge is 0.141 e. The van der Waals surface area contributed by atoms with Crippen molar-refractivity contribution in [2.45, 2.75) is 46.3 Å². The van der Waals surface area contributed by atoms with E-state index in [4.69, 9.17) is 26.1 Å². The zero-order valence-electron chi connectivity index (χ0n) is 17.3. The Morgan fingerprint density at radius 2 is 2.03 bits per heavy atom. The lowest BCUT2D eigenvalue weighted by Gasteiger charge is -2.13. The number of nitrogens with zero attached hydrogens (tertiary/aromatic N) is 3.